The van der Waals surface area contributed by atoms with Gasteiger partial charge in [-0.3, -0.25) is 9.11 Å². The van der Waals surface area contributed by atoms with Gasteiger partial charge in [-0.05, 0) is 6.42 Å². The lowest BCUT2D eigenvalue weighted by molar-refractivity contribution is -0.890. The maximum absolute atomic E-state index is 14.4. The summed E-state index contributed by atoms with van der Waals surface area (Å²) in [6.07, 6.45) is -9.50. The van der Waals surface area contributed by atoms with Crippen molar-refractivity contribution in [3.05, 3.63) is 0 Å². The second-order valence-corrected chi connectivity index (χ2v) is 14.3. The first-order valence-electron chi connectivity index (χ1n) is 10.6. The molecule has 0 aromatic carbocycles. The lowest BCUT2D eigenvalue weighted by Crippen LogP contribution is -2.69. The highest BCUT2D eigenvalue weighted by atomic mass is 32.2. The van der Waals surface area contributed by atoms with Crippen molar-refractivity contribution >= 4 is 30.3 Å². The van der Waals surface area contributed by atoms with Gasteiger partial charge in [0.1, 0.15) is 0 Å². The van der Waals surface area contributed by atoms with Crippen LogP contribution in [-0.4, -0.2) is 124 Å². The van der Waals surface area contributed by atoms with Gasteiger partial charge >= 0.3 is 29.2 Å². The number of sulfonamides is 1. The Morgan fingerprint density at radius 1 is 0.600 bits per heavy atom. The smallest absolute Gasteiger partial charge is 0.328 e. The summed E-state index contributed by atoms with van der Waals surface area (Å²) in [6.45, 7) is -3.23. The lowest BCUT2D eigenvalue weighted by atomic mass is 10.0. The molecule has 0 unspecified atom stereocenters. The van der Waals surface area contributed by atoms with Crippen LogP contribution in [0.5, 0.6) is 0 Å². The predicted molar refractivity (Wildman–Crippen MR) is 115 cm³/mol. The molecular weight excluding hydrogens is 653 g/mol. The Morgan fingerprint density at radius 2 is 0.975 bits per heavy atom. The zero-order valence-electron chi connectivity index (χ0n) is 20.5. The maximum atomic E-state index is 14.4. The normalized spacial score (nSPS) is 15.6. The van der Waals surface area contributed by atoms with Crippen LogP contribution in [0.2, 0.25) is 0 Å². The molecule has 0 atom stereocenters. The summed E-state index contributed by atoms with van der Waals surface area (Å²) in [6, 6.07) is 0. The molecule has 0 saturated heterocycles. The molecule has 0 aliphatic carbocycles. The van der Waals surface area contributed by atoms with Gasteiger partial charge < -0.3 is 4.48 Å². The molecule has 0 heterocycles. The molecular formula is C16H26F11N2O8S3+. The van der Waals surface area contributed by atoms with Crippen molar-refractivity contribution < 1.29 is 87.1 Å². The molecule has 0 spiro atoms. The Morgan fingerprint density at radius 3 is 1.38 bits per heavy atom. The van der Waals surface area contributed by atoms with Gasteiger partial charge in [-0.25, -0.2) is 8.42 Å². The van der Waals surface area contributed by atoms with Crippen molar-refractivity contribution in [2.75, 3.05) is 51.8 Å². The molecule has 40 heavy (non-hydrogen) atoms. The standard InChI is InChI=1S/C16H25F11N2O8S3/c1-29(2,9-5-11-39(33,34)35)8-3-6-28(7-4-10-38(30,31)32)40(36,37)16(26,27)14(21,22)12(17,18)13(19,20)15(23,24)25/h3-11H2,1-2H3,(H-,30,31,32,33,34,35)/p+1. The number of rotatable bonds is 17. The lowest BCUT2D eigenvalue weighted by Gasteiger charge is -2.38. The Balaban J connectivity index is 6.26. The van der Waals surface area contributed by atoms with E-state index < -0.39 is 101 Å². The van der Waals surface area contributed by atoms with Crippen molar-refractivity contribution in [3.63, 3.8) is 0 Å². The fraction of sp³-hybridized carbons (Fsp3) is 1.00. The predicted octanol–water partition coefficient (Wildman–Crippen LogP) is 2.70. The van der Waals surface area contributed by atoms with Crippen molar-refractivity contribution in [1.29, 1.82) is 0 Å². The highest BCUT2D eigenvalue weighted by Crippen LogP contribution is 2.58. The zero-order chi connectivity index (χ0) is 32.4. The van der Waals surface area contributed by atoms with Crippen LogP contribution in [0.3, 0.4) is 0 Å². The molecule has 0 fully saturated rings. The SMILES string of the molecule is C[N+](C)(CCCN(CCCS(=O)(=O)O)S(=O)(=O)C(F)(F)C(F)(F)C(F)(F)C(F)(F)C(F)(F)F)CCCS(=O)(=O)O. The van der Waals surface area contributed by atoms with Gasteiger partial charge in [-0.15, -0.1) is 0 Å². The molecule has 0 aliphatic heterocycles. The third-order valence-corrected chi connectivity index (χ3v) is 8.88. The summed E-state index contributed by atoms with van der Waals surface area (Å²) in [5.41, 5.74) is 0. The summed E-state index contributed by atoms with van der Waals surface area (Å²) in [5, 5.41) is -7.31. The molecule has 0 aromatic heterocycles. The van der Waals surface area contributed by atoms with Gasteiger partial charge in [-0.2, -0.15) is 69.4 Å². The van der Waals surface area contributed by atoms with Crippen LogP contribution in [0.1, 0.15) is 19.3 Å². The number of hydrogen-bond acceptors (Lipinski definition) is 6. The van der Waals surface area contributed by atoms with E-state index in [1.165, 1.54) is 14.1 Å². The van der Waals surface area contributed by atoms with Crippen molar-refractivity contribution in [2.24, 2.45) is 0 Å². The van der Waals surface area contributed by atoms with Crippen LogP contribution in [0.4, 0.5) is 48.3 Å². The van der Waals surface area contributed by atoms with Gasteiger partial charge in [0.25, 0.3) is 30.3 Å². The molecule has 242 valence electrons. The monoisotopic (exact) mass is 679 g/mol. The third kappa shape index (κ3) is 9.21. The molecule has 0 bridgehead atoms. The number of alkyl halides is 11. The molecule has 0 aliphatic rings. The molecule has 0 radical (unpaired) electrons. The Labute approximate surface area is 222 Å². The van der Waals surface area contributed by atoms with Crippen LogP contribution in [-0.2, 0) is 30.3 Å². The van der Waals surface area contributed by atoms with E-state index in [0.717, 1.165) is 0 Å². The topological polar surface area (TPSA) is 146 Å². The second-order valence-electron chi connectivity index (χ2n) is 9.16. The van der Waals surface area contributed by atoms with E-state index in [9.17, 15) is 73.5 Å². The minimum atomic E-state index is -8.00. The molecule has 24 heteroatoms. The van der Waals surface area contributed by atoms with Crippen molar-refractivity contribution in [2.45, 2.75) is 48.5 Å². The minimum Gasteiger partial charge on any atom is -0.328 e. The Hall–Kier alpha value is -1.08. The highest BCUT2D eigenvalue weighted by molar-refractivity contribution is 7.90. The van der Waals surface area contributed by atoms with E-state index in [1.807, 2.05) is 0 Å². The van der Waals surface area contributed by atoms with Gasteiger partial charge in [0.2, 0.25) is 0 Å². The average Bonchev–Trinajstić information content (AvgIpc) is 2.68. The fourth-order valence-corrected chi connectivity index (χ4v) is 5.62. The number of quaternary nitrogens is 1. The summed E-state index contributed by atoms with van der Waals surface area (Å²) < 4.78 is 232. The van der Waals surface area contributed by atoms with Crippen LogP contribution in [0, 0.1) is 0 Å². The number of hydrogen-bond donors (Lipinski definition) is 2. The van der Waals surface area contributed by atoms with Gasteiger partial charge in [0.15, 0.2) is 0 Å². The van der Waals surface area contributed by atoms with Crippen molar-refractivity contribution in [3.8, 4) is 0 Å². The second kappa shape index (κ2) is 12.3. The summed E-state index contributed by atoms with van der Waals surface area (Å²) >= 11 is 0. The highest BCUT2D eigenvalue weighted by Gasteiger charge is 2.89. The van der Waals surface area contributed by atoms with Gasteiger partial charge in [-0.1, -0.05) is 0 Å². The van der Waals surface area contributed by atoms with Crippen LogP contribution < -0.4 is 0 Å². The number of halogens is 11. The molecule has 0 saturated carbocycles. The average molecular weight is 680 g/mol. The largest absolute Gasteiger partial charge is 0.460 e. The molecule has 0 rings (SSSR count). The number of nitrogens with zero attached hydrogens (tertiary/aromatic N) is 2. The molecule has 0 amide bonds. The third-order valence-electron chi connectivity index (χ3n) is 5.32. The molecule has 10 nitrogen and oxygen atoms in total. The quantitative estimate of drug-likeness (QED) is 0.136. The first-order valence-corrected chi connectivity index (χ1v) is 15.2. The first-order chi connectivity index (χ1) is 17.3. The summed E-state index contributed by atoms with van der Waals surface area (Å²) in [5.74, 6) is -25.8. The summed E-state index contributed by atoms with van der Waals surface area (Å²) in [7, 11) is -13.9. The molecule has 0 aromatic rings. The fourth-order valence-electron chi connectivity index (χ4n) is 3.12. The van der Waals surface area contributed by atoms with E-state index >= 15 is 0 Å². The minimum absolute atomic E-state index is 0.0811. The van der Waals surface area contributed by atoms with E-state index in [2.05, 4.69) is 0 Å². The van der Waals surface area contributed by atoms with E-state index in [0.29, 0.717) is 0 Å². The zero-order valence-corrected chi connectivity index (χ0v) is 22.9. The maximum Gasteiger partial charge on any atom is 0.460 e. The Bertz CT molecular complexity index is 1190. The molecule has 2 N–H and O–H groups in total. The van der Waals surface area contributed by atoms with Crippen LogP contribution in [0.15, 0.2) is 0 Å². The van der Waals surface area contributed by atoms with Crippen LogP contribution >= 0.6 is 0 Å². The van der Waals surface area contributed by atoms with Gasteiger partial charge in [0, 0.05) is 25.9 Å². The Kier molecular flexibility index (Phi) is 11.9. The van der Waals surface area contributed by atoms with Gasteiger partial charge in [0.05, 0.1) is 38.7 Å². The first kappa shape index (κ1) is 38.9. The van der Waals surface area contributed by atoms with E-state index in [1.54, 1.807) is 0 Å². The van der Waals surface area contributed by atoms with Crippen molar-refractivity contribution in [1.82, 2.24) is 4.31 Å². The summed E-state index contributed by atoms with van der Waals surface area (Å²) in [4.78, 5) is 0. The van der Waals surface area contributed by atoms with E-state index in [-0.39, 0.29) is 24.0 Å². The van der Waals surface area contributed by atoms with Crippen LogP contribution in [0.25, 0.3) is 0 Å². The van der Waals surface area contributed by atoms with E-state index in [4.69, 9.17) is 9.11 Å².